The van der Waals surface area contributed by atoms with Crippen molar-refractivity contribution in [2.45, 2.75) is 33.5 Å². The van der Waals surface area contributed by atoms with Gasteiger partial charge >= 0.3 is 0 Å². The molecule has 0 aromatic carbocycles. The van der Waals surface area contributed by atoms with Crippen LogP contribution in [0.15, 0.2) is 18.3 Å². The third kappa shape index (κ3) is 3.55. The van der Waals surface area contributed by atoms with Crippen molar-refractivity contribution in [2.24, 2.45) is 5.92 Å². The molecule has 0 aliphatic carbocycles. The van der Waals surface area contributed by atoms with E-state index in [-0.39, 0.29) is 24.3 Å². The molecule has 8 heteroatoms. The van der Waals surface area contributed by atoms with Crippen molar-refractivity contribution in [3.63, 3.8) is 0 Å². The Bertz CT molecular complexity index is 842. The predicted molar refractivity (Wildman–Crippen MR) is 89.2 cm³/mol. The highest BCUT2D eigenvalue weighted by Crippen LogP contribution is 2.16. The molecule has 0 fully saturated rings. The average Bonchev–Trinajstić information content (AvgIpc) is 3.24. The minimum atomic E-state index is -0.288. The Labute approximate surface area is 145 Å². The molecule has 25 heavy (non-hydrogen) atoms. The Morgan fingerprint density at radius 3 is 2.88 bits per heavy atom. The molecule has 2 aromatic heterocycles. The van der Waals surface area contributed by atoms with Gasteiger partial charge in [0.1, 0.15) is 11.8 Å². The lowest BCUT2D eigenvalue weighted by Crippen LogP contribution is -2.40. The fourth-order valence-corrected chi connectivity index (χ4v) is 2.82. The highest BCUT2D eigenvalue weighted by Gasteiger charge is 2.24. The molecule has 2 amide bonds. The van der Waals surface area contributed by atoms with Crippen LogP contribution in [0.5, 0.6) is 0 Å². The zero-order valence-corrected chi connectivity index (χ0v) is 14.2. The van der Waals surface area contributed by atoms with E-state index in [4.69, 9.17) is 5.26 Å². The molecule has 2 N–H and O–H groups in total. The quantitative estimate of drug-likeness (QED) is 0.866. The highest BCUT2D eigenvalue weighted by atomic mass is 16.2. The van der Waals surface area contributed by atoms with Gasteiger partial charge in [-0.2, -0.15) is 10.4 Å². The van der Waals surface area contributed by atoms with Crippen LogP contribution in [-0.2, 0) is 24.4 Å². The molecule has 3 rings (SSSR count). The average molecular weight is 340 g/mol. The van der Waals surface area contributed by atoms with Crippen LogP contribution in [0.2, 0.25) is 0 Å². The predicted octanol–water partition coefficient (Wildman–Crippen LogP) is 1.01. The van der Waals surface area contributed by atoms with E-state index in [1.165, 1.54) is 12.3 Å². The second-order valence-corrected chi connectivity index (χ2v) is 6.36. The van der Waals surface area contributed by atoms with Crippen LogP contribution in [0.3, 0.4) is 0 Å². The van der Waals surface area contributed by atoms with Gasteiger partial charge in [-0.1, -0.05) is 13.8 Å². The molecule has 0 radical (unpaired) electrons. The summed E-state index contributed by atoms with van der Waals surface area (Å²) in [5.41, 5.74) is 2.47. The van der Waals surface area contributed by atoms with Gasteiger partial charge in [0.05, 0.1) is 36.6 Å². The van der Waals surface area contributed by atoms with Crippen molar-refractivity contribution in [3.8, 4) is 6.07 Å². The van der Waals surface area contributed by atoms with E-state index in [0.29, 0.717) is 30.9 Å². The number of hydrogen-bond acceptors (Lipinski definition) is 4. The molecule has 0 saturated heterocycles. The van der Waals surface area contributed by atoms with Crippen LogP contribution in [0.25, 0.3) is 0 Å². The number of carbonyl (C=O) groups is 2. The molecule has 0 spiro atoms. The molecule has 0 atom stereocenters. The smallest absolute Gasteiger partial charge is 0.268 e. The maximum atomic E-state index is 12.1. The minimum absolute atomic E-state index is 0.0210. The minimum Gasteiger partial charge on any atom is -0.356 e. The summed E-state index contributed by atoms with van der Waals surface area (Å²) < 4.78 is 1.88. The fraction of sp³-hybridized carbons (Fsp3) is 0.412. The second kappa shape index (κ2) is 6.81. The number of fused-ring (bicyclic) bond motifs is 1. The van der Waals surface area contributed by atoms with E-state index in [1.807, 2.05) is 35.6 Å². The number of nitrogens with zero attached hydrogens (tertiary/aromatic N) is 4. The molecule has 3 heterocycles. The van der Waals surface area contributed by atoms with Gasteiger partial charge in [0.25, 0.3) is 5.91 Å². The number of H-pyrrole nitrogens is 1. The third-order valence-electron chi connectivity index (χ3n) is 4.14. The van der Waals surface area contributed by atoms with Crippen molar-refractivity contribution in [1.29, 1.82) is 5.26 Å². The summed E-state index contributed by atoms with van der Waals surface area (Å²) in [5, 5.41) is 16.0. The maximum Gasteiger partial charge on any atom is 0.268 e. The lowest BCUT2D eigenvalue weighted by Gasteiger charge is -2.29. The Morgan fingerprint density at radius 2 is 2.20 bits per heavy atom. The van der Waals surface area contributed by atoms with E-state index in [0.717, 1.165) is 11.4 Å². The number of hydrogen-bond donors (Lipinski definition) is 2. The number of nitrogens with one attached hydrogen (secondary N) is 2. The molecule has 2 aromatic rings. The van der Waals surface area contributed by atoms with Crippen molar-refractivity contribution in [2.75, 3.05) is 6.54 Å². The Hall–Kier alpha value is -3.08. The van der Waals surface area contributed by atoms with E-state index in [1.54, 1.807) is 0 Å². The fourth-order valence-electron chi connectivity index (χ4n) is 2.82. The first-order valence-corrected chi connectivity index (χ1v) is 8.19. The van der Waals surface area contributed by atoms with Gasteiger partial charge in [-0.05, 0) is 12.1 Å². The summed E-state index contributed by atoms with van der Waals surface area (Å²) in [6.45, 7) is 5.93. The van der Waals surface area contributed by atoms with E-state index in [9.17, 15) is 9.59 Å². The van der Waals surface area contributed by atoms with E-state index >= 15 is 0 Å². The summed E-state index contributed by atoms with van der Waals surface area (Å²) in [4.78, 5) is 28.8. The number of aromatic nitrogens is 3. The van der Waals surface area contributed by atoms with Crippen molar-refractivity contribution >= 4 is 11.8 Å². The molecular formula is C17H20N6O2. The molecule has 130 valence electrons. The molecule has 8 nitrogen and oxygen atoms in total. The first-order chi connectivity index (χ1) is 12.0. The zero-order chi connectivity index (χ0) is 18.0. The van der Waals surface area contributed by atoms with E-state index < -0.39 is 0 Å². The maximum absolute atomic E-state index is 12.1. The Morgan fingerprint density at radius 1 is 1.40 bits per heavy atom. The van der Waals surface area contributed by atoms with Gasteiger partial charge in [-0.3, -0.25) is 14.3 Å². The molecule has 0 bridgehead atoms. The Balaban J connectivity index is 1.61. The largest absolute Gasteiger partial charge is 0.356 e. The monoisotopic (exact) mass is 340 g/mol. The standard InChI is InChI=1S/C17H20N6O2/c1-11(2)17(25)22-3-4-23-14(10-22)6-13(21-23)9-20-16(24)15-5-12(7-18)8-19-15/h5-6,8,11,19H,3-4,9-10H2,1-2H3,(H,20,24). The van der Waals surface area contributed by atoms with Crippen LogP contribution in [0.4, 0.5) is 0 Å². The van der Waals surface area contributed by atoms with Crippen LogP contribution < -0.4 is 5.32 Å². The number of carbonyl (C=O) groups excluding carboxylic acids is 2. The van der Waals surface area contributed by atoms with Crippen LogP contribution >= 0.6 is 0 Å². The normalized spacial score (nSPS) is 13.4. The van der Waals surface area contributed by atoms with Gasteiger partial charge in [0, 0.05) is 18.7 Å². The highest BCUT2D eigenvalue weighted by molar-refractivity contribution is 5.92. The van der Waals surface area contributed by atoms with Gasteiger partial charge in [-0.25, -0.2) is 0 Å². The SMILES string of the molecule is CC(C)C(=O)N1CCn2nc(CNC(=O)c3cc(C#N)c[nH]3)cc2C1. The zero-order valence-electron chi connectivity index (χ0n) is 14.2. The van der Waals surface area contributed by atoms with Crippen LogP contribution in [0.1, 0.15) is 41.3 Å². The second-order valence-electron chi connectivity index (χ2n) is 6.36. The summed E-state index contributed by atoms with van der Waals surface area (Å²) in [6.07, 6.45) is 1.49. The Kier molecular flexibility index (Phi) is 4.57. The van der Waals surface area contributed by atoms with E-state index in [2.05, 4.69) is 15.4 Å². The molecule has 1 aliphatic rings. The first kappa shape index (κ1) is 16.8. The van der Waals surface area contributed by atoms with Gasteiger partial charge in [0.15, 0.2) is 0 Å². The number of aromatic amines is 1. The summed E-state index contributed by atoms with van der Waals surface area (Å²) >= 11 is 0. The third-order valence-corrected chi connectivity index (χ3v) is 4.14. The first-order valence-electron chi connectivity index (χ1n) is 8.19. The van der Waals surface area contributed by atoms with Gasteiger partial charge in [0.2, 0.25) is 5.91 Å². The van der Waals surface area contributed by atoms with Gasteiger partial charge < -0.3 is 15.2 Å². The lowest BCUT2D eigenvalue weighted by molar-refractivity contribution is -0.136. The van der Waals surface area contributed by atoms with Crippen molar-refractivity contribution < 1.29 is 9.59 Å². The number of rotatable bonds is 4. The van der Waals surface area contributed by atoms with Crippen LogP contribution in [-0.4, -0.2) is 38.0 Å². The van der Waals surface area contributed by atoms with Crippen molar-refractivity contribution in [3.05, 3.63) is 41.0 Å². The van der Waals surface area contributed by atoms with Crippen LogP contribution in [0, 0.1) is 17.2 Å². The topological polar surface area (TPSA) is 107 Å². The van der Waals surface area contributed by atoms with Crippen molar-refractivity contribution in [1.82, 2.24) is 25.0 Å². The molecular weight excluding hydrogens is 320 g/mol. The summed E-state index contributed by atoms with van der Waals surface area (Å²) in [6, 6.07) is 5.39. The number of amides is 2. The molecule has 0 saturated carbocycles. The summed E-state index contributed by atoms with van der Waals surface area (Å²) in [7, 11) is 0. The molecule has 0 unspecified atom stereocenters. The summed E-state index contributed by atoms with van der Waals surface area (Å²) in [5.74, 6) is -0.168. The lowest BCUT2D eigenvalue weighted by atomic mass is 10.1. The molecule has 1 aliphatic heterocycles. The number of nitriles is 1. The van der Waals surface area contributed by atoms with Gasteiger partial charge in [-0.15, -0.1) is 0 Å².